The maximum absolute atomic E-state index is 12.3. The van der Waals surface area contributed by atoms with Crippen LogP contribution in [-0.2, 0) is 14.3 Å². The second-order valence-electron chi connectivity index (χ2n) is 5.15. The van der Waals surface area contributed by atoms with Gasteiger partial charge < -0.3 is 14.4 Å². The number of ether oxygens (including phenoxy) is 2. The van der Waals surface area contributed by atoms with Crippen LogP contribution in [0.3, 0.4) is 0 Å². The molecule has 1 aromatic heterocycles. The molecule has 1 amide bonds. The van der Waals surface area contributed by atoms with Gasteiger partial charge >= 0.3 is 5.97 Å². The zero-order valence-electron chi connectivity index (χ0n) is 12.4. The predicted octanol–water partition coefficient (Wildman–Crippen LogP) is 1.77. The average Bonchev–Trinajstić information content (AvgIpc) is 2.94. The number of hydrogen-bond donors (Lipinski definition) is 0. The van der Waals surface area contributed by atoms with Crippen LogP contribution in [0.15, 0.2) is 30.5 Å². The number of esters is 1. The van der Waals surface area contributed by atoms with E-state index >= 15 is 0 Å². The Bertz CT molecular complexity index is 744. The van der Waals surface area contributed by atoms with E-state index in [1.165, 1.54) is 7.11 Å². The third-order valence-electron chi connectivity index (χ3n) is 3.84. The zero-order chi connectivity index (χ0) is 15.7. The lowest BCUT2D eigenvalue weighted by Crippen LogP contribution is -2.26. The molecule has 1 atom stereocenters. The summed E-state index contributed by atoms with van der Waals surface area (Å²) in [7, 11) is 2.91. The van der Waals surface area contributed by atoms with Crippen LogP contribution >= 0.6 is 0 Å². The van der Waals surface area contributed by atoms with Gasteiger partial charge in [-0.15, -0.1) is 0 Å². The molecule has 0 aliphatic carbocycles. The van der Waals surface area contributed by atoms with Crippen LogP contribution in [0.5, 0.6) is 5.75 Å². The fourth-order valence-corrected chi connectivity index (χ4v) is 2.73. The lowest BCUT2D eigenvalue weighted by Gasteiger charge is -2.19. The number of fused-ring (bicyclic) bond motifs is 1. The summed E-state index contributed by atoms with van der Waals surface area (Å²) in [6, 6.07) is 7.37. The molecule has 1 saturated heterocycles. The number of aromatic nitrogens is 1. The van der Waals surface area contributed by atoms with Gasteiger partial charge in [-0.3, -0.25) is 14.6 Å². The second kappa shape index (κ2) is 5.63. The molecule has 1 aliphatic rings. The van der Waals surface area contributed by atoms with E-state index in [1.54, 1.807) is 24.3 Å². The fraction of sp³-hybridized carbons (Fsp3) is 0.312. The maximum atomic E-state index is 12.3. The molecular formula is C16H16N2O4. The predicted molar refractivity (Wildman–Crippen MR) is 80.8 cm³/mol. The average molecular weight is 300 g/mol. The third-order valence-corrected chi connectivity index (χ3v) is 3.84. The van der Waals surface area contributed by atoms with Crippen LogP contribution < -0.4 is 9.64 Å². The Labute approximate surface area is 127 Å². The van der Waals surface area contributed by atoms with Gasteiger partial charge in [0.05, 0.1) is 31.3 Å². The first-order chi connectivity index (χ1) is 10.6. The third kappa shape index (κ3) is 2.36. The SMILES string of the molecule is COC(=O)C1CC(=O)N(c2cc(OC)cc3cccnc23)C1. The van der Waals surface area contributed by atoms with E-state index in [2.05, 4.69) is 4.98 Å². The summed E-state index contributed by atoms with van der Waals surface area (Å²) in [6.45, 7) is 0.296. The Hall–Kier alpha value is -2.63. The molecule has 6 heteroatoms. The number of anilines is 1. The largest absolute Gasteiger partial charge is 0.497 e. The van der Waals surface area contributed by atoms with Gasteiger partial charge in [-0.1, -0.05) is 6.07 Å². The molecule has 114 valence electrons. The van der Waals surface area contributed by atoms with Crippen LogP contribution in [0.25, 0.3) is 10.9 Å². The lowest BCUT2D eigenvalue weighted by molar-refractivity contribution is -0.145. The molecular weight excluding hydrogens is 284 g/mol. The normalized spacial score (nSPS) is 17.8. The second-order valence-corrected chi connectivity index (χ2v) is 5.15. The molecule has 3 rings (SSSR count). The quantitative estimate of drug-likeness (QED) is 0.808. The van der Waals surface area contributed by atoms with Gasteiger partial charge in [0.1, 0.15) is 5.75 Å². The van der Waals surface area contributed by atoms with Crippen molar-refractivity contribution in [3.8, 4) is 5.75 Å². The van der Waals surface area contributed by atoms with Crippen molar-refractivity contribution >= 4 is 28.5 Å². The van der Waals surface area contributed by atoms with E-state index in [1.807, 2.05) is 18.2 Å². The van der Waals surface area contributed by atoms with E-state index in [0.717, 1.165) is 5.39 Å². The first-order valence-corrected chi connectivity index (χ1v) is 6.95. The summed E-state index contributed by atoms with van der Waals surface area (Å²) in [5, 5.41) is 0.881. The zero-order valence-corrected chi connectivity index (χ0v) is 12.4. The maximum Gasteiger partial charge on any atom is 0.311 e. The number of rotatable bonds is 3. The van der Waals surface area contributed by atoms with Crippen molar-refractivity contribution in [3.63, 3.8) is 0 Å². The van der Waals surface area contributed by atoms with Gasteiger partial charge in [-0.2, -0.15) is 0 Å². The molecule has 1 aliphatic heterocycles. The van der Waals surface area contributed by atoms with E-state index in [4.69, 9.17) is 9.47 Å². The van der Waals surface area contributed by atoms with E-state index in [9.17, 15) is 9.59 Å². The van der Waals surface area contributed by atoms with Crippen molar-refractivity contribution in [1.82, 2.24) is 4.98 Å². The Morgan fingerprint density at radius 1 is 1.36 bits per heavy atom. The minimum Gasteiger partial charge on any atom is -0.497 e. The molecule has 0 spiro atoms. The molecule has 0 N–H and O–H groups in total. The number of amides is 1. The van der Waals surface area contributed by atoms with Gasteiger partial charge in [0.15, 0.2) is 0 Å². The van der Waals surface area contributed by atoms with Crippen molar-refractivity contribution in [1.29, 1.82) is 0 Å². The lowest BCUT2D eigenvalue weighted by atomic mass is 10.1. The summed E-state index contributed by atoms with van der Waals surface area (Å²) in [4.78, 5) is 29.9. The minimum atomic E-state index is -0.442. The highest BCUT2D eigenvalue weighted by Crippen LogP contribution is 2.34. The molecule has 1 unspecified atom stereocenters. The van der Waals surface area contributed by atoms with Crippen LogP contribution in [0, 0.1) is 5.92 Å². The van der Waals surface area contributed by atoms with E-state index in [0.29, 0.717) is 23.5 Å². The molecule has 0 bridgehead atoms. The topological polar surface area (TPSA) is 68.7 Å². The van der Waals surface area contributed by atoms with Crippen molar-refractivity contribution in [2.24, 2.45) is 5.92 Å². The highest BCUT2D eigenvalue weighted by atomic mass is 16.5. The van der Waals surface area contributed by atoms with E-state index in [-0.39, 0.29) is 18.3 Å². The highest BCUT2D eigenvalue weighted by molar-refractivity contribution is 6.05. The van der Waals surface area contributed by atoms with Gasteiger partial charge in [0, 0.05) is 30.6 Å². The number of carbonyl (C=O) groups is 2. The Balaban J connectivity index is 2.06. The molecule has 1 aromatic carbocycles. The van der Waals surface area contributed by atoms with Crippen LogP contribution in [0.1, 0.15) is 6.42 Å². The van der Waals surface area contributed by atoms with Crippen molar-refractivity contribution in [3.05, 3.63) is 30.5 Å². The molecule has 1 fully saturated rings. The first-order valence-electron chi connectivity index (χ1n) is 6.95. The summed E-state index contributed by atoms with van der Waals surface area (Å²) < 4.78 is 10.0. The molecule has 22 heavy (non-hydrogen) atoms. The molecule has 0 saturated carbocycles. The summed E-state index contributed by atoms with van der Waals surface area (Å²) in [5.74, 6) is -0.279. The molecule has 6 nitrogen and oxygen atoms in total. The number of benzene rings is 1. The first kappa shape index (κ1) is 14.3. The standard InChI is InChI=1S/C16H16N2O4/c1-21-12-6-10-4-3-5-17-15(10)13(8-12)18-9-11(7-14(18)19)16(20)22-2/h3-6,8,11H,7,9H2,1-2H3. The summed E-state index contributed by atoms with van der Waals surface area (Å²) >= 11 is 0. The Morgan fingerprint density at radius 3 is 2.91 bits per heavy atom. The van der Waals surface area contributed by atoms with Gasteiger partial charge in [-0.25, -0.2) is 0 Å². The number of nitrogens with zero attached hydrogens (tertiary/aromatic N) is 2. The number of pyridine rings is 1. The number of methoxy groups -OCH3 is 2. The van der Waals surface area contributed by atoms with Gasteiger partial charge in [0.2, 0.25) is 5.91 Å². The Morgan fingerprint density at radius 2 is 2.18 bits per heavy atom. The van der Waals surface area contributed by atoms with Crippen LogP contribution in [-0.4, -0.2) is 37.6 Å². The van der Waals surface area contributed by atoms with Crippen molar-refractivity contribution in [2.45, 2.75) is 6.42 Å². The minimum absolute atomic E-state index is 0.115. The highest BCUT2D eigenvalue weighted by Gasteiger charge is 2.36. The van der Waals surface area contributed by atoms with Gasteiger partial charge in [-0.05, 0) is 12.1 Å². The summed E-state index contributed by atoms with van der Waals surface area (Å²) in [6.07, 6.45) is 1.83. The molecule has 0 radical (unpaired) electrons. The van der Waals surface area contributed by atoms with E-state index < -0.39 is 5.92 Å². The monoisotopic (exact) mass is 300 g/mol. The molecule has 2 heterocycles. The summed E-state index contributed by atoms with van der Waals surface area (Å²) in [5.41, 5.74) is 1.37. The fourth-order valence-electron chi connectivity index (χ4n) is 2.73. The van der Waals surface area contributed by atoms with Crippen LogP contribution in [0.2, 0.25) is 0 Å². The smallest absolute Gasteiger partial charge is 0.311 e. The Kier molecular flexibility index (Phi) is 3.66. The van der Waals surface area contributed by atoms with Crippen molar-refractivity contribution < 1.29 is 19.1 Å². The van der Waals surface area contributed by atoms with Crippen molar-refractivity contribution in [2.75, 3.05) is 25.7 Å². The van der Waals surface area contributed by atoms with Gasteiger partial charge in [0.25, 0.3) is 0 Å². The molecule has 2 aromatic rings. The van der Waals surface area contributed by atoms with Crippen LogP contribution in [0.4, 0.5) is 5.69 Å². The number of carbonyl (C=O) groups excluding carboxylic acids is 2. The number of hydrogen-bond acceptors (Lipinski definition) is 5.